The maximum atomic E-state index is 11.4. The minimum absolute atomic E-state index is 0.00685. The summed E-state index contributed by atoms with van der Waals surface area (Å²) in [6.45, 7) is 10.8. The van der Waals surface area contributed by atoms with Crippen LogP contribution in [0, 0.1) is 5.92 Å². The maximum absolute atomic E-state index is 11.4. The number of hydrogen-bond donors (Lipinski definition) is 0. The van der Waals surface area contributed by atoms with Crippen LogP contribution < -0.4 is 0 Å². The van der Waals surface area contributed by atoms with E-state index in [0.29, 0.717) is 12.5 Å². The van der Waals surface area contributed by atoms with Gasteiger partial charge in [-0.3, -0.25) is 0 Å². The highest BCUT2D eigenvalue weighted by atomic mass is 35.5. The van der Waals surface area contributed by atoms with Crippen LogP contribution in [0.1, 0.15) is 79.6 Å². The first kappa shape index (κ1) is 22.2. The first-order valence-corrected chi connectivity index (χ1v) is 9.49. The fraction of sp³-hybridized carbons (Fsp3) is 0.750. The van der Waals surface area contributed by atoms with Crippen LogP contribution in [-0.2, 0) is 9.53 Å². The topological polar surface area (TPSA) is 26.3 Å². The predicted octanol–water partition coefficient (Wildman–Crippen LogP) is 6.44. The number of allylic oxidation sites excluding steroid dienone is 3. The Morgan fingerprint density at radius 2 is 1.87 bits per heavy atom. The minimum Gasteiger partial charge on any atom is -0.463 e. The average molecular weight is 343 g/mol. The summed E-state index contributed by atoms with van der Waals surface area (Å²) in [4.78, 5) is 11.3. The van der Waals surface area contributed by atoms with Crippen molar-refractivity contribution in [2.75, 3.05) is 6.61 Å². The van der Waals surface area contributed by atoms with Gasteiger partial charge in [0.25, 0.3) is 0 Å². The van der Waals surface area contributed by atoms with Crippen LogP contribution in [0.15, 0.2) is 23.8 Å². The van der Waals surface area contributed by atoms with Crippen LogP contribution in [0.25, 0.3) is 0 Å². The van der Waals surface area contributed by atoms with Gasteiger partial charge in [0.1, 0.15) is 0 Å². The van der Waals surface area contributed by atoms with E-state index < -0.39 is 0 Å². The van der Waals surface area contributed by atoms with Crippen LogP contribution >= 0.6 is 11.6 Å². The molecule has 0 amide bonds. The smallest absolute Gasteiger partial charge is 0.330 e. The zero-order chi connectivity index (χ0) is 17.7. The monoisotopic (exact) mass is 342 g/mol. The summed E-state index contributed by atoms with van der Waals surface area (Å²) in [5, 5.41) is 0. The molecule has 1 atom stereocenters. The summed E-state index contributed by atoms with van der Waals surface area (Å²) in [7, 11) is 0. The Labute approximate surface area is 148 Å². The van der Waals surface area contributed by atoms with Crippen molar-refractivity contribution in [3.05, 3.63) is 23.8 Å². The van der Waals surface area contributed by atoms with Crippen molar-refractivity contribution in [2.45, 2.75) is 84.4 Å². The molecule has 0 aliphatic rings. The summed E-state index contributed by atoms with van der Waals surface area (Å²) in [5.41, 5.74) is 0.940. The molecule has 0 saturated heterocycles. The lowest BCUT2D eigenvalue weighted by Crippen LogP contribution is -2.19. The van der Waals surface area contributed by atoms with E-state index in [1.54, 1.807) is 6.08 Å². The molecule has 2 nitrogen and oxygen atoms in total. The molecular weight excluding hydrogens is 308 g/mol. The Kier molecular flexibility index (Phi) is 12.2. The summed E-state index contributed by atoms with van der Waals surface area (Å²) < 4.78 is 4.91. The molecule has 0 N–H and O–H groups in total. The summed E-state index contributed by atoms with van der Waals surface area (Å²) in [6.07, 6.45) is 13.6. The highest BCUT2D eigenvalue weighted by molar-refractivity contribution is 6.23. The molecule has 0 aliphatic carbocycles. The lowest BCUT2D eigenvalue weighted by Gasteiger charge is -2.24. The van der Waals surface area contributed by atoms with Crippen molar-refractivity contribution in [2.24, 2.45) is 5.92 Å². The van der Waals surface area contributed by atoms with E-state index in [1.807, 2.05) is 19.9 Å². The number of carbonyl (C=O) groups excluding carboxylic acids is 1. The van der Waals surface area contributed by atoms with Gasteiger partial charge < -0.3 is 4.74 Å². The van der Waals surface area contributed by atoms with E-state index in [9.17, 15) is 4.79 Å². The van der Waals surface area contributed by atoms with E-state index in [2.05, 4.69) is 26.8 Å². The zero-order valence-electron chi connectivity index (χ0n) is 15.7. The van der Waals surface area contributed by atoms with Gasteiger partial charge in [-0.1, -0.05) is 52.2 Å². The van der Waals surface area contributed by atoms with Crippen molar-refractivity contribution in [1.82, 2.24) is 0 Å². The molecule has 0 aliphatic heterocycles. The van der Waals surface area contributed by atoms with Gasteiger partial charge in [0, 0.05) is 11.0 Å². The number of halogens is 1. The summed E-state index contributed by atoms with van der Waals surface area (Å²) in [6, 6.07) is 0. The van der Waals surface area contributed by atoms with Gasteiger partial charge in [0.15, 0.2) is 0 Å². The highest BCUT2D eigenvalue weighted by Gasteiger charge is 2.22. The molecule has 0 heterocycles. The first-order valence-electron chi connectivity index (χ1n) is 9.11. The summed E-state index contributed by atoms with van der Waals surface area (Å²) in [5.74, 6) is 0.426. The number of ether oxygens (including phenoxy) is 1. The van der Waals surface area contributed by atoms with E-state index in [0.717, 1.165) is 31.3 Å². The lowest BCUT2D eigenvalue weighted by atomic mass is 9.90. The molecule has 134 valence electrons. The van der Waals surface area contributed by atoms with Crippen molar-refractivity contribution in [3.63, 3.8) is 0 Å². The first-order chi connectivity index (χ1) is 10.9. The van der Waals surface area contributed by atoms with Crippen LogP contribution in [0.3, 0.4) is 0 Å². The molecule has 0 saturated carbocycles. The van der Waals surface area contributed by atoms with Gasteiger partial charge in [-0.05, 0) is 51.0 Å². The number of carbonyl (C=O) groups is 1. The Balaban J connectivity index is 4.24. The Morgan fingerprint density at radius 3 is 2.39 bits per heavy atom. The SMILES string of the molecule is CCOC(=O)/C=C(C)/C=C/CC(CC)CCCC(Cl)(CC)CC. The maximum Gasteiger partial charge on any atom is 0.330 e. The van der Waals surface area contributed by atoms with Gasteiger partial charge in [-0.25, -0.2) is 4.79 Å². The van der Waals surface area contributed by atoms with Crippen LogP contribution in [0.5, 0.6) is 0 Å². The van der Waals surface area contributed by atoms with E-state index >= 15 is 0 Å². The second-order valence-electron chi connectivity index (χ2n) is 6.30. The van der Waals surface area contributed by atoms with Crippen molar-refractivity contribution < 1.29 is 9.53 Å². The molecule has 3 heteroatoms. The molecule has 0 radical (unpaired) electrons. The quantitative estimate of drug-likeness (QED) is 0.176. The molecule has 0 aromatic rings. The molecule has 0 rings (SSSR count). The fourth-order valence-corrected chi connectivity index (χ4v) is 2.80. The van der Waals surface area contributed by atoms with Crippen molar-refractivity contribution in [3.8, 4) is 0 Å². The van der Waals surface area contributed by atoms with Gasteiger partial charge in [0.05, 0.1) is 6.61 Å². The number of rotatable bonds is 12. The van der Waals surface area contributed by atoms with Crippen LogP contribution in [-0.4, -0.2) is 17.5 Å². The molecule has 0 bridgehead atoms. The van der Waals surface area contributed by atoms with E-state index in [1.165, 1.54) is 19.3 Å². The van der Waals surface area contributed by atoms with Gasteiger partial charge in [-0.15, -0.1) is 11.6 Å². The normalized spacial score (nSPS) is 14.3. The van der Waals surface area contributed by atoms with E-state index in [4.69, 9.17) is 16.3 Å². The molecule has 23 heavy (non-hydrogen) atoms. The van der Waals surface area contributed by atoms with Crippen molar-refractivity contribution in [1.29, 1.82) is 0 Å². The van der Waals surface area contributed by atoms with Crippen LogP contribution in [0.4, 0.5) is 0 Å². The number of esters is 1. The van der Waals surface area contributed by atoms with Gasteiger partial charge >= 0.3 is 5.97 Å². The van der Waals surface area contributed by atoms with E-state index in [-0.39, 0.29) is 10.8 Å². The standard InChI is InChI=1S/C20H35ClO2/c1-6-18(14-11-15-20(21,7-2)8-3)13-10-12-17(5)16-19(22)23-9-4/h10,12,16,18H,6-9,11,13-15H2,1-5H3/b12-10+,17-16+. The zero-order valence-corrected chi connectivity index (χ0v) is 16.4. The van der Waals surface area contributed by atoms with Crippen molar-refractivity contribution >= 4 is 17.6 Å². The molecular formula is C20H35ClO2. The highest BCUT2D eigenvalue weighted by Crippen LogP contribution is 2.31. The molecule has 0 aromatic carbocycles. The third-order valence-corrected chi connectivity index (χ3v) is 5.29. The van der Waals surface area contributed by atoms with Crippen LogP contribution in [0.2, 0.25) is 0 Å². The molecule has 0 spiro atoms. The number of alkyl halides is 1. The summed E-state index contributed by atoms with van der Waals surface area (Å²) >= 11 is 6.59. The minimum atomic E-state index is -0.265. The second kappa shape index (κ2) is 12.6. The predicted molar refractivity (Wildman–Crippen MR) is 101 cm³/mol. The fourth-order valence-electron chi connectivity index (χ4n) is 2.66. The van der Waals surface area contributed by atoms with Gasteiger partial charge in [-0.2, -0.15) is 0 Å². The average Bonchev–Trinajstić information content (AvgIpc) is 2.53. The lowest BCUT2D eigenvalue weighted by molar-refractivity contribution is -0.137. The Morgan fingerprint density at radius 1 is 1.22 bits per heavy atom. The molecule has 1 unspecified atom stereocenters. The second-order valence-corrected chi connectivity index (χ2v) is 7.10. The largest absolute Gasteiger partial charge is 0.463 e. The van der Waals surface area contributed by atoms with Gasteiger partial charge in [0.2, 0.25) is 0 Å². The Hall–Kier alpha value is -0.760. The number of hydrogen-bond acceptors (Lipinski definition) is 2. The third-order valence-electron chi connectivity index (χ3n) is 4.56. The molecule has 0 fully saturated rings. The third kappa shape index (κ3) is 10.6. The molecule has 0 aromatic heterocycles. The Bertz CT molecular complexity index is 381.